The summed E-state index contributed by atoms with van der Waals surface area (Å²) in [4.78, 5) is 2.21. The van der Waals surface area contributed by atoms with Crippen LogP contribution < -0.4 is 0 Å². The van der Waals surface area contributed by atoms with Crippen LogP contribution in [0.2, 0.25) is 0 Å². The Morgan fingerprint density at radius 2 is 1.67 bits per heavy atom. The number of allylic oxidation sites excluding steroid dienone is 9. The molecule has 0 atom stereocenters. The molecule has 98 valence electrons. The first-order valence-corrected chi connectivity index (χ1v) is 7.66. The Hall–Kier alpha value is -0.981. The molecular weight excluding hydrogens is 262 g/mol. The summed E-state index contributed by atoms with van der Waals surface area (Å²) in [6, 6.07) is 0. The van der Waals surface area contributed by atoms with Crippen molar-refractivity contribution in [2.24, 2.45) is 0 Å². The standard InChI is InChI=1S/C6H11N.2C5H5.Fe/c1-7-5-3-2-4-6-7;2*1-2-4-5-3-1;/h3,5H,2,4,6H2,1H3;2*1-3H,4H2;. The predicted molar refractivity (Wildman–Crippen MR) is 74.7 cm³/mol. The number of nitrogens with zero attached hydrogens (tertiary/aromatic N) is 1. The van der Waals surface area contributed by atoms with Crippen LogP contribution in [0.4, 0.5) is 0 Å². The molecule has 2 heteroatoms. The Labute approximate surface area is 117 Å². The molecule has 0 saturated heterocycles. The van der Waals surface area contributed by atoms with Gasteiger partial charge in [-0.25, -0.2) is 0 Å². The van der Waals surface area contributed by atoms with Crippen LogP contribution in [0.5, 0.6) is 0 Å². The summed E-state index contributed by atoms with van der Waals surface area (Å²) in [6.07, 6.45) is 22.5. The number of hydrogen-bond donors (Lipinski definition) is 0. The monoisotopic (exact) mass is 283 g/mol. The van der Waals surface area contributed by atoms with Crippen LogP contribution in [0.1, 0.15) is 25.7 Å². The summed E-state index contributed by atoms with van der Waals surface area (Å²) in [5, 5.41) is 0. The summed E-state index contributed by atoms with van der Waals surface area (Å²) < 4.78 is 3.11. The van der Waals surface area contributed by atoms with Crippen molar-refractivity contribution in [2.45, 2.75) is 25.7 Å². The van der Waals surface area contributed by atoms with Gasteiger partial charge in [-0.15, -0.1) is 0 Å². The van der Waals surface area contributed by atoms with Crippen molar-refractivity contribution in [1.82, 2.24) is 4.90 Å². The van der Waals surface area contributed by atoms with E-state index in [9.17, 15) is 0 Å². The van der Waals surface area contributed by atoms with Gasteiger partial charge >= 0.3 is 73.2 Å². The van der Waals surface area contributed by atoms with Crippen molar-refractivity contribution >= 4 is 0 Å². The Morgan fingerprint density at radius 3 is 2.00 bits per heavy atom. The van der Waals surface area contributed by atoms with E-state index in [1.807, 2.05) is 0 Å². The molecule has 2 aliphatic carbocycles. The third-order valence-corrected chi connectivity index (χ3v) is 4.43. The van der Waals surface area contributed by atoms with Crippen molar-refractivity contribution in [1.29, 1.82) is 0 Å². The van der Waals surface area contributed by atoms with Crippen molar-refractivity contribution in [3.63, 3.8) is 0 Å². The van der Waals surface area contributed by atoms with Crippen LogP contribution >= 0.6 is 0 Å². The van der Waals surface area contributed by atoms with E-state index in [1.54, 1.807) is 8.94 Å². The van der Waals surface area contributed by atoms with Crippen LogP contribution in [0.15, 0.2) is 57.7 Å². The molecule has 3 aliphatic rings. The topological polar surface area (TPSA) is 3.24 Å². The molecule has 0 bridgehead atoms. The Kier molecular flexibility index (Phi) is 5.57. The second-order valence-corrected chi connectivity index (χ2v) is 6.25. The zero-order valence-corrected chi connectivity index (χ0v) is 12.1. The minimum absolute atomic E-state index is 1.16. The van der Waals surface area contributed by atoms with Gasteiger partial charge in [0, 0.05) is 13.6 Å². The molecule has 18 heavy (non-hydrogen) atoms. The third kappa shape index (κ3) is 4.72. The van der Waals surface area contributed by atoms with Crippen LogP contribution in [-0.4, -0.2) is 18.5 Å². The van der Waals surface area contributed by atoms with Gasteiger partial charge in [-0.3, -0.25) is 0 Å². The van der Waals surface area contributed by atoms with E-state index in [-0.39, 0.29) is 0 Å². The molecule has 0 spiro atoms. The van der Waals surface area contributed by atoms with Crippen molar-refractivity contribution in [3.05, 3.63) is 57.7 Å². The molecule has 0 aromatic rings. The van der Waals surface area contributed by atoms with E-state index >= 15 is 0 Å². The van der Waals surface area contributed by atoms with Crippen LogP contribution in [0, 0.1) is 0 Å². The van der Waals surface area contributed by atoms with Crippen LogP contribution in [-0.2, 0) is 15.0 Å². The fraction of sp³-hybridized carbons (Fsp3) is 0.375. The zero-order valence-electron chi connectivity index (χ0n) is 11.0. The van der Waals surface area contributed by atoms with E-state index in [0.29, 0.717) is 0 Å². The smallest absolute Gasteiger partial charge is 0.0172 e. The summed E-state index contributed by atoms with van der Waals surface area (Å²) >= 11 is 1.18. The predicted octanol–water partition coefficient (Wildman–Crippen LogP) is 3.98. The van der Waals surface area contributed by atoms with Crippen LogP contribution in [0.25, 0.3) is 0 Å². The van der Waals surface area contributed by atoms with Gasteiger partial charge in [0.05, 0.1) is 0 Å². The molecule has 0 amide bonds. The maximum atomic E-state index is 2.24. The Morgan fingerprint density at radius 1 is 1.00 bits per heavy atom. The van der Waals surface area contributed by atoms with E-state index in [2.05, 4.69) is 60.7 Å². The van der Waals surface area contributed by atoms with Gasteiger partial charge in [-0.1, -0.05) is 6.08 Å². The average Bonchev–Trinajstić information content (AvgIpc) is 3.05. The summed E-state index contributed by atoms with van der Waals surface area (Å²) in [6.45, 7) is 1.23. The first-order chi connectivity index (χ1) is 8.84. The van der Waals surface area contributed by atoms with E-state index in [0.717, 1.165) is 12.8 Å². The summed E-state index contributed by atoms with van der Waals surface area (Å²) in [5.74, 6) is 0. The summed E-state index contributed by atoms with van der Waals surface area (Å²) in [5.41, 5.74) is 0. The van der Waals surface area contributed by atoms with Gasteiger partial charge in [0.15, 0.2) is 0 Å². The van der Waals surface area contributed by atoms with Gasteiger partial charge < -0.3 is 4.90 Å². The first-order valence-electron chi connectivity index (χ1n) is 6.55. The quantitative estimate of drug-likeness (QED) is 0.693. The minimum Gasteiger partial charge on any atom is -0.381 e. The second-order valence-electron chi connectivity index (χ2n) is 4.56. The van der Waals surface area contributed by atoms with E-state index in [4.69, 9.17) is 0 Å². The van der Waals surface area contributed by atoms with Gasteiger partial charge in [0.1, 0.15) is 0 Å². The second kappa shape index (κ2) is 7.45. The molecule has 1 nitrogen and oxygen atoms in total. The van der Waals surface area contributed by atoms with E-state index in [1.165, 1.54) is 34.3 Å². The normalized spacial score (nSPS) is 20.8. The molecule has 0 N–H and O–H groups in total. The van der Waals surface area contributed by atoms with Gasteiger partial charge in [0.25, 0.3) is 0 Å². The SMILES string of the molecule is C1=CC[C]([Fe][C]2=CC=CC2)=C1.CN1C=CCCC1. The summed E-state index contributed by atoms with van der Waals surface area (Å²) in [7, 11) is 2.11. The fourth-order valence-corrected chi connectivity index (χ4v) is 3.23. The average molecular weight is 283 g/mol. The molecule has 0 unspecified atom stereocenters. The molecule has 0 aromatic heterocycles. The number of rotatable bonds is 2. The molecule has 3 rings (SSSR count). The third-order valence-electron chi connectivity index (χ3n) is 2.90. The molecular formula is C16H21FeN. The first kappa shape index (κ1) is 13.5. The maximum absolute atomic E-state index is 2.24. The van der Waals surface area contributed by atoms with Crippen molar-refractivity contribution in [2.75, 3.05) is 13.6 Å². The largest absolute Gasteiger partial charge is 0.381 e. The van der Waals surface area contributed by atoms with E-state index < -0.39 is 0 Å². The van der Waals surface area contributed by atoms with Gasteiger partial charge in [-0.05, 0) is 19.0 Å². The molecule has 1 heterocycles. The van der Waals surface area contributed by atoms with Crippen molar-refractivity contribution in [3.8, 4) is 0 Å². The molecule has 1 aliphatic heterocycles. The van der Waals surface area contributed by atoms with Crippen LogP contribution in [0.3, 0.4) is 0 Å². The number of hydrogen-bond acceptors (Lipinski definition) is 1. The zero-order chi connectivity index (χ0) is 12.6. The Balaban J connectivity index is 0.000000149. The molecule has 0 saturated carbocycles. The fourth-order valence-electron chi connectivity index (χ4n) is 1.90. The van der Waals surface area contributed by atoms with Gasteiger partial charge in [-0.2, -0.15) is 0 Å². The Bertz CT molecular complexity index is 385. The van der Waals surface area contributed by atoms with Gasteiger partial charge in [0.2, 0.25) is 0 Å². The maximum Gasteiger partial charge on any atom is 0.0172 e. The molecule has 0 radical (unpaired) electrons. The minimum atomic E-state index is 1.16. The molecule has 0 aromatic carbocycles. The van der Waals surface area contributed by atoms with Crippen molar-refractivity contribution < 1.29 is 15.0 Å². The molecule has 0 fully saturated rings.